The molecule has 0 heterocycles. The van der Waals surface area contributed by atoms with E-state index in [-0.39, 0.29) is 19.8 Å². The summed E-state index contributed by atoms with van der Waals surface area (Å²) in [4.78, 5) is 0. The van der Waals surface area contributed by atoms with Crippen molar-refractivity contribution in [2.45, 2.75) is 0 Å². The van der Waals surface area contributed by atoms with Gasteiger partial charge in [-0.3, -0.25) is 36.4 Å². The molecule has 2 unspecified atom stereocenters. The third kappa shape index (κ3) is 65800. The molecule has 0 aliphatic rings. The Balaban J connectivity index is -0.0000000376. The van der Waals surface area contributed by atoms with E-state index in [9.17, 15) is 0 Å². The predicted molar refractivity (Wildman–Crippen MR) is 78.9 cm³/mol. The van der Waals surface area contributed by atoms with Crippen LogP contribution < -0.4 is 0 Å². The van der Waals surface area contributed by atoms with E-state index >= 15 is 0 Å². The van der Waals surface area contributed by atoms with Crippen molar-refractivity contribution in [3.05, 3.63) is 0 Å². The summed E-state index contributed by atoms with van der Waals surface area (Å²) in [5.74, 6) is 0. The maximum absolute atomic E-state index is 8.74. The summed E-state index contributed by atoms with van der Waals surface area (Å²) in [5, 5.41) is 0. The van der Waals surface area contributed by atoms with Gasteiger partial charge in [-0.15, -0.1) is 0 Å². The SMILES string of the molecule is O=S(=O)(O)O.O=S(=O)(O)O.O=S(=O)(O)O.O=S(=O)(O)O.P.P. The molecule has 0 aliphatic heterocycles. The molecule has 0 amide bonds. The minimum absolute atomic E-state index is 0. The van der Waals surface area contributed by atoms with Gasteiger partial charge in [0.1, 0.15) is 0 Å². The molecule has 8 N–H and O–H groups in total. The maximum atomic E-state index is 8.74. The molecule has 0 rings (SSSR count). The highest BCUT2D eigenvalue weighted by Crippen LogP contribution is 1.60. The first kappa shape index (κ1) is 38.1. The van der Waals surface area contributed by atoms with Gasteiger partial charge in [-0.25, -0.2) is 0 Å². The predicted octanol–water partition coefficient (Wildman–Crippen LogP) is -2.49. The molecule has 22 heavy (non-hydrogen) atoms. The lowest BCUT2D eigenvalue weighted by molar-refractivity contribution is 0.378. The minimum atomic E-state index is -4.67. The monoisotopic (exact) mass is 460 g/mol. The molecule has 0 fully saturated rings. The van der Waals surface area contributed by atoms with Gasteiger partial charge in [0, 0.05) is 0 Å². The lowest BCUT2D eigenvalue weighted by atomic mass is 15.8. The summed E-state index contributed by atoms with van der Waals surface area (Å²) in [6, 6.07) is 0. The van der Waals surface area contributed by atoms with E-state index in [2.05, 4.69) is 0 Å². The average molecular weight is 460 g/mol. The van der Waals surface area contributed by atoms with E-state index in [1.807, 2.05) is 0 Å². The van der Waals surface area contributed by atoms with E-state index in [0.29, 0.717) is 0 Å². The molecule has 16 nitrogen and oxygen atoms in total. The number of hydrogen-bond donors (Lipinski definition) is 8. The highest BCUT2D eigenvalue weighted by molar-refractivity contribution is 7.80. The molecule has 0 saturated heterocycles. The van der Waals surface area contributed by atoms with E-state index in [4.69, 9.17) is 70.1 Å². The van der Waals surface area contributed by atoms with Crippen LogP contribution in [0.3, 0.4) is 0 Å². The second-order valence-corrected chi connectivity index (χ2v) is 5.37. The molecule has 0 aromatic heterocycles. The first-order chi connectivity index (χ1) is 8.00. The molecule has 0 aromatic carbocycles. The van der Waals surface area contributed by atoms with Crippen LogP contribution in [-0.2, 0) is 41.6 Å². The fourth-order valence-electron chi connectivity index (χ4n) is 0. The van der Waals surface area contributed by atoms with Crippen LogP contribution in [0.1, 0.15) is 0 Å². The van der Waals surface area contributed by atoms with Gasteiger partial charge in [-0.2, -0.15) is 53.5 Å². The Labute approximate surface area is 131 Å². The van der Waals surface area contributed by atoms with Crippen molar-refractivity contribution in [1.82, 2.24) is 0 Å². The van der Waals surface area contributed by atoms with Crippen LogP contribution >= 0.6 is 19.8 Å². The van der Waals surface area contributed by atoms with Gasteiger partial charge in [-0.1, -0.05) is 0 Å². The minimum Gasteiger partial charge on any atom is -0.264 e. The van der Waals surface area contributed by atoms with Crippen LogP contribution in [0.4, 0.5) is 0 Å². The van der Waals surface area contributed by atoms with Gasteiger partial charge in [0.25, 0.3) is 0 Å². The molecular formula is H14O16P2S4. The smallest absolute Gasteiger partial charge is 0.264 e. The Morgan fingerprint density at radius 3 is 0.318 bits per heavy atom. The van der Waals surface area contributed by atoms with Crippen molar-refractivity contribution < 1.29 is 70.1 Å². The molecule has 144 valence electrons. The molecule has 0 spiro atoms. The van der Waals surface area contributed by atoms with E-state index < -0.39 is 41.6 Å². The molecule has 0 bridgehead atoms. The third-order valence-corrected chi connectivity index (χ3v) is 0. The highest BCUT2D eigenvalue weighted by Gasteiger charge is 1.86. The molecule has 0 aromatic rings. The molecule has 0 radical (unpaired) electrons. The molecule has 2 atom stereocenters. The van der Waals surface area contributed by atoms with E-state index in [0.717, 1.165) is 0 Å². The zero-order valence-corrected chi connectivity index (χ0v) is 16.0. The largest absolute Gasteiger partial charge is 0.394 e. The second kappa shape index (κ2) is 14.9. The van der Waals surface area contributed by atoms with Crippen LogP contribution in [0.15, 0.2) is 0 Å². The Morgan fingerprint density at radius 1 is 0.318 bits per heavy atom. The number of rotatable bonds is 0. The maximum Gasteiger partial charge on any atom is 0.394 e. The Hall–Kier alpha value is 0.340. The fraction of sp³-hybridized carbons (Fsp3) is 0. The Kier molecular flexibility index (Phi) is 25.8. The lowest BCUT2D eigenvalue weighted by Gasteiger charge is -1.68. The zero-order valence-electron chi connectivity index (χ0n) is 9.89. The summed E-state index contributed by atoms with van der Waals surface area (Å²) >= 11 is 0. The van der Waals surface area contributed by atoms with Crippen LogP contribution in [0.2, 0.25) is 0 Å². The van der Waals surface area contributed by atoms with E-state index in [1.54, 1.807) is 0 Å². The summed E-state index contributed by atoms with van der Waals surface area (Å²) in [5.41, 5.74) is 0. The van der Waals surface area contributed by atoms with Crippen molar-refractivity contribution in [3.8, 4) is 0 Å². The highest BCUT2D eigenvalue weighted by atomic mass is 32.3. The van der Waals surface area contributed by atoms with Gasteiger partial charge in [-0.05, 0) is 0 Å². The van der Waals surface area contributed by atoms with Crippen molar-refractivity contribution >= 4 is 61.4 Å². The first-order valence-corrected chi connectivity index (χ1v) is 8.38. The Morgan fingerprint density at radius 2 is 0.318 bits per heavy atom. The van der Waals surface area contributed by atoms with Crippen molar-refractivity contribution in [1.29, 1.82) is 0 Å². The first-order valence-electron chi connectivity index (χ1n) is 2.79. The summed E-state index contributed by atoms with van der Waals surface area (Å²) in [6.45, 7) is 0. The zero-order chi connectivity index (χ0) is 18.0. The van der Waals surface area contributed by atoms with Crippen molar-refractivity contribution in [2.75, 3.05) is 0 Å². The molecule has 0 saturated carbocycles. The van der Waals surface area contributed by atoms with Crippen molar-refractivity contribution in [2.24, 2.45) is 0 Å². The second-order valence-electron chi connectivity index (χ2n) is 1.79. The number of hydrogen-bond acceptors (Lipinski definition) is 8. The average Bonchev–Trinajstić information content (AvgIpc) is 1.62. The summed E-state index contributed by atoms with van der Waals surface area (Å²) in [6.07, 6.45) is 0. The van der Waals surface area contributed by atoms with Crippen molar-refractivity contribution in [3.63, 3.8) is 0 Å². The van der Waals surface area contributed by atoms with Gasteiger partial charge in [0.05, 0.1) is 0 Å². The Bertz CT molecular complexity index is 477. The van der Waals surface area contributed by atoms with Gasteiger partial charge >= 0.3 is 41.6 Å². The standard InChI is InChI=1S/4H2O4S.2H3P/c4*1-5(2,3)4;;/h4*(H2,1,2,3,4);2*1H3. The van der Waals surface area contributed by atoms with Crippen LogP contribution in [0.5, 0.6) is 0 Å². The molecular weight excluding hydrogens is 446 g/mol. The third-order valence-electron chi connectivity index (χ3n) is 0. The summed E-state index contributed by atoms with van der Waals surface area (Å²) in [7, 11) is -18.7. The molecule has 22 heteroatoms. The topological polar surface area (TPSA) is 298 Å². The lowest BCUT2D eigenvalue weighted by Crippen LogP contribution is -1.89. The quantitative estimate of drug-likeness (QED) is 0.137. The van der Waals surface area contributed by atoms with Gasteiger partial charge in [0.15, 0.2) is 0 Å². The normalized spacial score (nSPS) is 10.5. The molecule has 0 aliphatic carbocycles. The van der Waals surface area contributed by atoms with E-state index in [1.165, 1.54) is 0 Å². The van der Waals surface area contributed by atoms with Crippen LogP contribution in [0.25, 0.3) is 0 Å². The van der Waals surface area contributed by atoms with Crippen LogP contribution in [0, 0.1) is 0 Å². The van der Waals surface area contributed by atoms with Gasteiger partial charge in [0.2, 0.25) is 0 Å². The fourth-order valence-corrected chi connectivity index (χ4v) is 0. The summed E-state index contributed by atoms with van der Waals surface area (Å²) < 4.78 is 126. The van der Waals surface area contributed by atoms with Crippen LogP contribution in [-0.4, -0.2) is 70.1 Å². The van der Waals surface area contributed by atoms with Gasteiger partial charge < -0.3 is 0 Å².